The van der Waals surface area contributed by atoms with Crippen LogP contribution in [0.3, 0.4) is 0 Å². The van der Waals surface area contributed by atoms with Gasteiger partial charge in [0.25, 0.3) is 0 Å². The van der Waals surface area contributed by atoms with E-state index in [9.17, 15) is 15.3 Å². The number of fused-ring (bicyclic) bond motifs is 1. The van der Waals surface area contributed by atoms with Gasteiger partial charge in [0.2, 0.25) is 0 Å². The van der Waals surface area contributed by atoms with Gasteiger partial charge in [0.05, 0.1) is 37.3 Å². The first-order chi connectivity index (χ1) is 17.5. The van der Waals surface area contributed by atoms with Crippen LogP contribution in [0.4, 0.5) is 5.00 Å². The molecule has 7 nitrogen and oxygen atoms in total. The predicted molar refractivity (Wildman–Crippen MR) is 138 cm³/mol. The molecular formula is C28H28N4O3S. The molecule has 1 aromatic carbocycles. The third-order valence-electron chi connectivity index (χ3n) is 7.37. The summed E-state index contributed by atoms with van der Waals surface area (Å²) >= 11 is 1.59. The summed E-state index contributed by atoms with van der Waals surface area (Å²) in [5.41, 5.74) is 10.9. The number of rotatable bonds is 4. The first-order valence-electron chi connectivity index (χ1n) is 12.3. The van der Waals surface area contributed by atoms with Gasteiger partial charge in [-0.25, -0.2) is 0 Å². The molecule has 2 heterocycles. The second-order valence-electron chi connectivity index (χ2n) is 9.29. The highest BCUT2D eigenvalue weighted by atomic mass is 32.1. The first-order valence-corrected chi connectivity index (χ1v) is 13.1. The van der Waals surface area contributed by atoms with Crippen molar-refractivity contribution in [1.82, 2.24) is 0 Å². The second kappa shape index (κ2) is 9.72. The van der Waals surface area contributed by atoms with Crippen molar-refractivity contribution in [2.75, 3.05) is 19.1 Å². The molecule has 8 heteroatoms. The smallest absolute Gasteiger partial charge is 0.161 e. The lowest BCUT2D eigenvalue weighted by atomic mass is 9.75. The molecule has 2 aromatic rings. The Morgan fingerprint density at radius 1 is 1.00 bits per heavy atom. The van der Waals surface area contributed by atoms with Crippen molar-refractivity contribution in [3.8, 4) is 23.6 Å². The number of Topliss-reactive ketones (excluding diaryl/α,β-unsaturated/α-hetero) is 1. The van der Waals surface area contributed by atoms with Gasteiger partial charge < -0.3 is 15.2 Å². The average molecular weight is 501 g/mol. The van der Waals surface area contributed by atoms with Crippen molar-refractivity contribution in [2.24, 2.45) is 5.73 Å². The van der Waals surface area contributed by atoms with Crippen LogP contribution in [0.1, 0.15) is 66.0 Å². The lowest BCUT2D eigenvalue weighted by molar-refractivity contribution is -0.116. The molecule has 1 atom stereocenters. The Hall–Kier alpha value is -3.75. The second-order valence-corrected chi connectivity index (χ2v) is 10.4. The molecule has 0 saturated heterocycles. The Kier molecular flexibility index (Phi) is 6.47. The minimum absolute atomic E-state index is 0.0120. The van der Waals surface area contributed by atoms with E-state index in [-0.39, 0.29) is 5.78 Å². The summed E-state index contributed by atoms with van der Waals surface area (Å²) in [6.07, 6.45) is 6.89. The summed E-state index contributed by atoms with van der Waals surface area (Å²) in [6, 6.07) is 10.2. The number of thiophene rings is 1. The van der Waals surface area contributed by atoms with Gasteiger partial charge in [-0.3, -0.25) is 9.69 Å². The van der Waals surface area contributed by atoms with Gasteiger partial charge in [-0.2, -0.15) is 10.5 Å². The quantitative estimate of drug-likeness (QED) is 0.573. The lowest BCUT2D eigenvalue weighted by Gasteiger charge is -2.39. The molecule has 0 radical (unpaired) electrons. The Bertz CT molecular complexity index is 1390. The van der Waals surface area contributed by atoms with E-state index in [1.807, 2.05) is 17.0 Å². The fourth-order valence-corrected chi connectivity index (χ4v) is 7.06. The van der Waals surface area contributed by atoms with Crippen molar-refractivity contribution >= 4 is 22.1 Å². The van der Waals surface area contributed by atoms with Crippen LogP contribution in [0.5, 0.6) is 11.5 Å². The number of carbonyl (C=O) groups is 1. The zero-order chi connectivity index (χ0) is 25.4. The van der Waals surface area contributed by atoms with Gasteiger partial charge in [0.15, 0.2) is 17.3 Å². The van der Waals surface area contributed by atoms with Crippen LogP contribution in [0, 0.1) is 22.7 Å². The van der Waals surface area contributed by atoms with E-state index in [1.165, 1.54) is 4.88 Å². The van der Waals surface area contributed by atoms with E-state index in [0.29, 0.717) is 53.3 Å². The number of nitrogens with zero attached hydrogens (tertiary/aromatic N) is 3. The van der Waals surface area contributed by atoms with Crippen molar-refractivity contribution in [3.63, 3.8) is 0 Å². The van der Waals surface area contributed by atoms with Crippen molar-refractivity contribution in [2.45, 2.75) is 57.3 Å². The highest BCUT2D eigenvalue weighted by Crippen LogP contribution is 2.50. The van der Waals surface area contributed by atoms with E-state index in [0.717, 1.165) is 53.9 Å². The van der Waals surface area contributed by atoms with Gasteiger partial charge in [-0.1, -0.05) is 12.5 Å². The van der Waals surface area contributed by atoms with Crippen molar-refractivity contribution in [3.05, 3.63) is 62.4 Å². The SMILES string of the molecule is COc1ccc(C2C(C#N)=C(N)N(c3sc4c(c3C#N)CCCCC4)C3=C2C(=O)CCC3)cc1OC. The monoisotopic (exact) mass is 500 g/mol. The molecule has 5 rings (SSSR count). The Morgan fingerprint density at radius 3 is 2.50 bits per heavy atom. The van der Waals surface area contributed by atoms with Crippen LogP contribution in [-0.4, -0.2) is 20.0 Å². The van der Waals surface area contributed by atoms with Gasteiger partial charge in [-0.05, 0) is 61.8 Å². The minimum atomic E-state index is -0.600. The van der Waals surface area contributed by atoms with E-state index >= 15 is 0 Å². The van der Waals surface area contributed by atoms with Crippen LogP contribution in [0.15, 0.2) is 40.9 Å². The number of hydrogen-bond donors (Lipinski definition) is 1. The molecule has 1 aromatic heterocycles. The number of nitrogens with two attached hydrogens (primary N) is 1. The fraction of sp³-hybridized carbons (Fsp3) is 0.393. The van der Waals surface area contributed by atoms with Crippen LogP contribution >= 0.6 is 11.3 Å². The maximum atomic E-state index is 13.5. The average Bonchev–Trinajstić information content (AvgIpc) is 3.07. The van der Waals surface area contributed by atoms with E-state index < -0.39 is 5.92 Å². The Morgan fingerprint density at radius 2 is 1.78 bits per heavy atom. The number of ether oxygens (including phenoxy) is 2. The molecule has 0 spiro atoms. The van der Waals surface area contributed by atoms with E-state index in [4.69, 9.17) is 15.2 Å². The molecule has 0 fully saturated rings. The fourth-order valence-electron chi connectivity index (χ4n) is 5.69. The summed E-state index contributed by atoms with van der Waals surface area (Å²) in [4.78, 5) is 16.5. The third-order valence-corrected chi connectivity index (χ3v) is 8.65. The number of anilines is 1. The molecule has 0 amide bonds. The number of benzene rings is 1. The zero-order valence-electron chi connectivity index (χ0n) is 20.5. The van der Waals surface area contributed by atoms with Gasteiger partial charge in [0.1, 0.15) is 16.9 Å². The number of aryl methyl sites for hydroxylation is 1. The summed E-state index contributed by atoms with van der Waals surface area (Å²) < 4.78 is 10.9. The molecule has 0 bridgehead atoms. The predicted octanol–water partition coefficient (Wildman–Crippen LogP) is 5.21. The summed E-state index contributed by atoms with van der Waals surface area (Å²) in [5, 5.41) is 21.2. The lowest BCUT2D eigenvalue weighted by Crippen LogP contribution is -2.38. The first kappa shape index (κ1) is 24.0. The highest BCUT2D eigenvalue weighted by molar-refractivity contribution is 7.16. The maximum absolute atomic E-state index is 13.5. The molecule has 184 valence electrons. The number of methoxy groups -OCH3 is 2. The number of carbonyl (C=O) groups excluding carboxylic acids is 1. The highest BCUT2D eigenvalue weighted by Gasteiger charge is 2.42. The van der Waals surface area contributed by atoms with Gasteiger partial charge in [-0.15, -0.1) is 11.3 Å². The van der Waals surface area contributed by atoms with E-state index in [2.05, 4.69) is 12.1 Å². The Balaban J connectivity index is 1.73. The maximum Gasteiger partial charge on any atom is 0.161 e. The zero-order valence-corrected chi connectivity index (χ0v) is 21.3. The molecular weight excluding hydrogens is 472 g/mol. The van der Waals surface area contributed by atoms with Gasteiger partial charge >= 0.3 is 0 Å². The normalized spacial score (nSPS) is 19.7. The van der Waals surface area contributed by atoms with E-state index in [1.54, 1.807) is 31.6 Å². The number of allylic oxidation sites excluding steroid dienone is 3. The largest absolute Gasteiger partial charge is 0.493 e. The molecule has 3 aliphatic rings. The number of hydrogen-bond acceptors (Lipinski definition) is 8. The minimum Gasteiger partial charge on any atom is -0.493 e. The molecule has 1 unspecified atom stereocenters. The molecule has 36 heavy (non-hydrogen) atoms. The Labute approximate surface area is 215 Å². The van der Waals surface area contributed by atoms with Crippen LogP contribution in [-0.2, 0) is 17.6 Å². The summed E-state index contributed by atoms with van der Waals surface area (Å²) in [5.74, 6) is 0.790. The third kappa shape index (κ3) is 3.73. The topological polar surface area (TPSA) is 112 Å². The molecule has 0 saturated carbocycles. The van der Waals surface area contributed by atoms with Gasteiger partial charge in [0, 0.05) is 22.6 Å². The van der Waals surface area contributed by atoms with Crippen molar-refractivity contribution < 1.29 is 14.3 Å². The van der Waals surface area contributed by atoms with Crippen LogP contribution in [0.25, 0.3) is 0 Å². The number of ketones is 1. The number of nitriles is 2. The van der Waals surface area contributed by atoms with Crippen molar-refractivity contribution in [1.29, 1.82) is 10.5 Å². The van der Waals surface area contributed by atoms with Crippen LogP contribution < -0.4 is 20.1 Å². The molecule has 2 N–H and O–H groups in total. The standard InChI is InChI=1S/C28H28N4O3S/c1-34-22-12-11-16(13-23(22)35-2)25-19(15-30)27(31)32(20-8-6-9-21(33)26(20)25)28-18(14-29)17-7-4-3-5-10-24(17)36-28/h11-13,25H,3-10,31H2,1-2H3. The summed E-state index contributed by atoms with van der Waals surface area (Å²) in [7, 11) is 3.12. The summed E-state index contributed by atoms with van der Waals surface area (Å²) in [6.45, 7) is 0. The molecule has 1 aliphatic heterocycles. The molecule has 2 aliphatic carbocycles. The van der Waals surface area contributed by atoms with Crippen LogP contribution in [0.2, 0.25) is 0 Å².